The Balaban J connectivity index is 1.61. The maximum atomic E-state index is 12.1. The van der Waals surface area contributed by atoms with Crippen LogP contribution in [0, 0.1) is 5.92 Å². The van der Waals surface area contributed by atoms with Crippen LogP contribution in [-0.4, -0.2) is 61.5 Å². The molecule has 0 spiro atoms. The minimum absolute atomic E-state index is 0.345. The molecule has 4 nitrogen and oxygen atoms in total. The van der Waals surface area contributed by atoms with Crippen molar-refractivity contribution in [1.82, 2.24) is 15.1 Å². The van der Waals surface area contributed by atoms with Gasteiger partial charge >= 0.3 is 0 Å². The van der Waals surface area contributed by atoms with Crippen LogP contribution < -0.4 is 5.32 Å². The quantitative estimate of drug-likeness (QED) is 0.816. The lowest BCUT2D eigenvalue weighted by Gasteiger charge is -2.33. The van der Waals surface area contributed by atoms with Crippen molar-refractivity contribution in [2.24, 2.45) is 5.92 Å². The zero-order valence-electron chi connectivity index (χ0n) is 12.4. The molecule has 110 valence electrons. The number of carbonyl (C=O) groups excluding carboxylic acids is 1. The van der Waals surface area contributed by atoms with E-state index in [4.69, 9.17) is 0 Å². The van der Waals surface area contributed by atoms with Crippen LogP contribution in [0.25, 0.3) is 0 Å². The summed E-state index contributed by atoms with van der Waals surface area (Å²) in [6.45, 7) is 9.30. The molecule has 2 aliphatic heterocycles. The number of piperazine rings is 1. The molecule has 19 heavy (non-hydrogen) atoms. The largest absolute Gasteiger partial charge is 0.340 e. The molecule has 1 amide bonds. The molecule has 4 heteroatoms. The lowest BCUT2D eigenvalue weighted by molar-refractivity contribution is -0.132. The van der Waals surface area contributed by atoms with Crippen molar-refractivity contribution < 1.29 is 4.79 Å². The molecule has 0 aliphatic carbocycles. The first kappa shape index (κ1) is 14.8. The highest BCUT2D eigenvalue weighted by Crippen LogP contribution is 2.21. The van der Waals surface area contributed by atoms with Crippen molar-refractivity contribution in [3.05, 3.63) is 0 Å². The molecular formula is C15H29N3O. The van der Waals surface area contributed by atoms with Crippen LogP contribution in [0.2, 0.25) is 0 Å². The van der Waals surface area contributed by atoms with Crippen molar-refractivity contribution in [2.75, 3.05) is 45.8 Å². The molecule has 0 bridgehead atoms. The second kappa shape index (κ2) is 7.85. The average molecular weight is 267 g/mol. The summed E-state index contributed by atoms with van der Waals surface area (Å²) in [4.78, 5) is 16.6. The van der Waals surface area contributed by atoms with Gasteiger partial charge in [0.15, 0.2) is 0 Å². The molecular weight excluding hydrogens is 238 g/mol. The summed E-state index contributed by atoms with van der Waals surface area (Å²) < 4.78 is 0. The Bertz CT molecular complexity index is 269. The van der Waals surface area contributed by atoms with Crippen molar-refractivity contribution >= 4 is 5.91 Å². The molecule has 0 atom stereocenters. The topological polar surface area (TPSA) is 35.6 Å². The van der Waals surface area contributed by atoms with Crippen LogP contribution in [0.5, 0.6) is 0 Å². The average Bonchev–Trinajstić information content (AvgIpc) is 2.47. The molecule has 0 aromatic heterocycles. The second-order valence-electron chi connectivity index (χ2n) is 5.95. The van der Waals surface area contributed by atoms with Gasteiger partial charge in [-0.05, 0) is 31.8 Å². The van der Waals surface area contributed by atoms with E-state index in [0.717, 1.165) is 38.6 Å². The second-order valence-corrected chi connectivity index (χ2v) is 5.95. The lowest BCUT2D eigenvalue weighted by atomic mass is 9.92. The molecule has 0 aromatic rings. The Morgan fingerprint density at radius 1 is 1.16 bits per heavy atom. The summed E-state index contributed by atoms with van der Waals surface area (Å²) in [6.07, 6.45) is 6.06. The third-order valence-electron chi connectivity index (χ3n) is 4.52. The molecule has 0 saturated carbocycles. The van der Waals surface area contributed by atoms with Gasteiger partial charge in [-0.15, -0.1) is 0 Å². The number of carbonyl (C=O) groups is 1. The molecule has 0 unspecified atom stereocenters. The van der Waals surface area contributed by atoms with E-state index in [9.17, 15) is 4.79 Å². The highest BCUT2D eigenvalue weighted by molar-refractivity contribution is 5.76. The lowest BCUT2D eigenvalue weighted by Crippen LogP contribution is -2.47. The van der Waals surface area contributed by atoms with E-state index in [2.05, 4.69) is 17.1 Å². The number of hydrogen-bond acceptors (Lipinski definition) is 3. The van der Waals surface area contributed by atoms with E-state index in [1.807, 2.05) is 4.90 Å². The Morgan fingerprint density at radius 2 is 1.84 bits per heavy atom. The zero-order chi connectivity index (χ0) is 13.5. The Labute approximate surface area is 117 Å². The van der Waals surface area contributed by atoms with Crippen LogP contribution in [0.3, 0.4) is 0 Å². The first-order chi connectivity index (χ1) is 9.29. The van der Waals surface area contributed by atoms with E-state index in [1.165, 1.54) is 38.8 Å². The first-order valence-corrected chi connectivity index (χ1v) is 8.00. The molecule has 2 fully saturated rings. The number of piperidine rings is 1. The maximum absolute atomic E-state index is 12.1. The van der Waals surface area contributed by atoms with Crippen molar-refractivity contribution in [1.29, 1.82) is 0 Å². The minimum atomic E-state index is 0.345. The SMILES string of the molecule is CCCC1CCN(CCC(=O)N2CCNCC2)CC1. The van der Waals surface area contributed by atoms with Gasteiger partial charge in [0.2, 0.25) is 5.91 Å². The highest BCUT2D eigenvalue weighted by atomic mass is 16.2. The molecule has 1 N–H and O–H groups in total. The van der Waals surface area contributed by atoms with Gasteiger partial charge in [-0.3, -0.25) is 4.79 Å². The van der Waals surface area contributed by atoms with E-state index < -0.39 is 0 Å². The molecule has 2 saturated heterocycles. The first-order valence-electron chi connectivity index (χ1n) is 8.00. The van der Waals surface area contributed by atoms with Gasteiger partial charge in [0.1, 0.15) is 0 Å². The van der Waals surface area contributed by atoms with Gasteiger partial charge in [0.25, 0.3) is 0 Å². The summed E-state index contributed by atoms with van der Waals surface area (Å²) in [5, 5.41) is 3.29. The molecule has 2 rings (SSSR count). The third-order valence-corrected chi connectivity index (χ3v) is 4.52. The van der Waals surface area contributed by atoms with Gasteiger partial charge in [-0.25, -0.2) is 0 Å². The number of amides is 1. The fraction of sp³-hybridized carbons (Fsp3) is 0.933. The van der Waals surface area contributed by atoms with Crippen LogP contribution in [0.4, 0.5) is 0 Å². The number of rotatable bonds is 5. The normalized spacial score (nSPS) is 22.7. The minimum Gasteiger partial charge on any atom is -0.340 e. The number of nitrogens with zero attached hydrogens (tertiary/aromatic N) is 2. The molecule has 0 radical (unpaired) electrons. The van der Waals surface area contributed by atoms with Crippen molar-refractivity contribution in [3.8, 4) is 0 Å². The van der Waals surface area contributed by atoms with Gasteiger partial charge < -0.3 is 15.1 Å². The molecule has 2 aliphatic rings. The van der Waals surface area contributed by atoms with Crippen LogP contribution in [-0.2, 0) is 4.79 Å². The van der Waals surface area contributed by atoms with Gasteiger partial charge in [0.05, 0.1) is 0 Å². The Morgan fingerprint density at radius 3 is 2.47 bits per heavy atom. The summed E-state index contributed by atoms with van der Waals surface area (Å²) in [7, 11) is 0. The zero-order valence-corrected chi connectivity index (χ0v) is 12.4. The molecule has 0 aromatic carbocycles. The Hall–Kier alpha value is -0.610. The van der Waals surface area contributed by atoms with Crippen molar-refractivity contribution in [2.45, 2.75) is 39.0 Å². The number of nitrogens with one attached hydrogen (secondary N) is 1. The van der Waals surface area contributed by atoms with E-state index >= 15 is 0 Å². The monoisotopic (exact) mass is 267 g/mol. The predicted molar refractivity (Wildman–Crippen MR) is 78.1 cm³/mol. The fourth-order valence-electron chi connectivity index (χ4n) is 3.23. The highest BCUT2D eigenvalue weighted by Gasteiger charge is 2.20. The van der Waals surface area contributed by atoms with Gasteiger partial charge in [-0.2, -0.15) is 0 Å². The number of hydrogen-bond donors (Lipinski definition) is 1. The summed E-state index contributed by atoms with van der Waals surface area (Å²) in [5.74, 6) is 1.28. The standard InChI is InChI=1S/C15H29N3O/c1-2-3-14-4-9-17(10-5-14)11-6-15(19)18-12-7-16-8-13-18/h14,16H,2-13H2,1H3. The third kappa shape index (κ3) is 4.77. The predicted octanol–water partition coefficient (Wildman–Crippen LogP) is 1.32. The van der Waals surface area contributed by atoms with E-state index in [-0.39, 0.29) is 0 Å². The van der Waals surface area contributed by atoms with Crippen LogP contribution >= 0.6 is 0 Å². The van der Waals surface area contributed by atoms with Crippen LogP contribution in [0.15, 0.2) is 0 Å². The summed E-state index contributed by atoms with van der Waals surface area (Å²) >= 11 is 0. The molecule has 2 heterocycles. The fourth-order valence-corrected chi connectivity index (χ4v) is 3.23. The van der Waals surface area contributed by atoms with Crippen LogP contribution in [0.1, 0.15) is 39.0 Å². The van der Waals surface area contributed by atoms with Crippen molar-refractivity contribution in [3.63, 3.8) is 0 Å². The van der Waals surface area contributed by atoms with Gasteiger partial charge in [-0.1, -0.05) is 19.8 Å². The van der Waals surface area contributed by atoms with E-state index in [1.54, 1.807) is 0 Å². The maximum Gasteiger partial charge on any atom is 0.223 e. The Kier molecular flexibility index (Phi) is 6.11. The summed E-state index contributed by atoms with van der Waals surface area (Å²) in [5.41, 5.74) is 0. The number of likely N-dealkylation sites (tertiary alicyclic amines) is 1. The van der Waals surface area contributed by atoms with E-state index in [0.29, 0.717) is 12.3 Å². The summed E-state index contributed by atoms with van der Waals surface area (Å²) in [6, 6.07) is 0. The smallest absolute Gasteiger partial charge is 0.223 e. The van der Waals surface area contributed by atoms with Gasteiger partial charge in [0, 0.05) is 39.1 Å².